The second-order valence-electron chi connectivity index (χ2n) is 6.84. The first kappa shape index (κ1) is 18.5. The monoisotopic (exact) mass is 391 g/mol. The zero-order valence-corrected chi connectivity index (χ0v) is 16.2. The third-order valence-electron chi connectivity index (χ3n) is 3.62. The molecule has 0 aliphatic heterocycles. The molecule has 0 fully saturated rings. The van der Waals surface area contributed by atoms with Gasteiger partial charge in [-0.2, -0.15) is 0 Å². The topological polar surface area (TPSA) is 56.1 Å². The van der Waals surface area contributed by atoms with Gasteiger partial charge in [0.25, 0.3) is 0 Å². The lowest BCUT2D eigenvalue weighted by atomic mass is 10.2. The van der Waals surface area contributed by atoms with E-state index in [1.165, 1.54) is 0 Å². The summed E-state index contributed by atoms with van der Waals surface area (Å²) in [5, 5.41) is 5.05. The summed E-state index contributed by atoms with van der Waals surface area (Å²) < 4.78 is 7.22. The van der Waals surface area contributed by atoms with Crippen LogP contribution < -0.4 is 5.32 Å². The Labute approximate surface area is 161 Å². The second-order valence-corrected chi connectivity index (χ2v) is 7.66. The van der Waals surface area contributed by atoms with Crippen molar-refractivity contribution in [2.45, 2.75) is 32.9 Å². The molecule has 3 aromatic rings. The summed E-state index contributed by atoms with van der Waals surface area (Å²) in [4.78, 5) is 16.5. The average molecular weight is 392 g/mol. The van der Waals surface area contributed by atoms with Gasteiger partial charge >= 0.3 is 5.97 Å². The number of benzene rings is 1. The number of carbonyl (C=O) groups excluding carboxylic acids is 1. The van der Waals surface area contributed by atoms with Crippen molar-refractivity contribution in [2.75, 3.05) is 5.32 Å². The smallest absolute Gasteiger partial charge is 0.326 e. The maximum atomic E-state index is 12.1. The van der Waals surface area contributed by atoms with Gasteiger partial charge in [0.15, 0.2) is 0 Å². The lowest BCUT2D eigenvalue weighted by molar-refractivity contribution is -0.155. The Balaban J connectivity index is 1.91. The van der Waals surface area contributed by atoms with Crippen LogP contribution in [0.4, 0.5) is 11.5 Å². The van der Waals surface area contributed by atoms with E-state index in [4.69, 9.17) is 27.9 Å². The van der Waals surface area contributed by atoms with Crippen molar-refractivity contribution >= 4 is 51.6 Å². The van der Waals surface area contributed by atoms with Crippen LogP contribution in [0.3, 0.4) is 0 Å². The molecule has 2 aromatic heterocycles. The average Bonchev–Trinajstić information content (AvgIpc) is 2.93. The van der Waals surface area contributed by atoms with Gasteiger partial charge in [-0.3, -0.25) is 4.79 Å². The van der Waals surface area contributed by atoms with Crippen LogP contribution in [-0.2, 0) is 16.1 Å². The van der Waals surface area contributed by atoms with Crippen molar-refractivity contribution in [1.82, 2.24) is 9.55 Å². The Bertz CT molecular complexity index is 941. The molecule has 7 heteroatoms. The molecule has 0 radical (unpaired) electrons. The lowest BCUT2D eigenvalue weighted by Crippen LogP contribution is -2.26. The molecule has 0 spiro atoms. The molecule has 0 bridgehead atoms. The SMILES string of the molecule is CC(C)(C)OC(=O)Cn1ccc2c(Nc3c(Cl)cccc3Cl)nccc21. The summed E-state index contributed by atoms with van der Waals surface area (Å²) in [7, 11) is 0. The molecule has 26 heavy (non-hydrogen) atoms. The van der Waals surface area contributed by atoms with E-state index in [9.17, 15) is 4.79 Å². The number of pyridine rings is 1. The molecular weight excluding hydrogens is 373 g/mol. The zero-order valence-electron chi connectivity index (χ0n) is 14.7. The number of esters is 1. The molecule has 1 N–H and O–H groups in total. The molecule has 2 heterocycles. The zero-order chi connectivity index (χ0) is 18.9. The Hall–Kier alpha value is -2.24. The number of nitrogens with zero attached hydrogens (tertiary/aromatic N) is 2. The van der Waals surface area contributed by atoms with Gasteiger partial charge < -0.3 is 14.6 Å². The van der Waals surface area contributed by atoms with Crippen LogP contribution >= 0.6 is 23.2 Å². The highest BCUT2D eigenvalue weighted by atomic mass is 35.5. The lowest BCUT2D eigenvalue weighted by Gasteiger charge is -2.19. The van der Waals surface area contributed by atoms with Crippen LogP contribution in [0.15, 0.2) is 42.7 Å². The molecule has 0 atom stereocenters. The summed E-state index contributed by atoms with van der Waals surface area (Å²) in [6.07, 6.45) is 3.50. The van der Waals surface area contributed by atoms with Crippen LogP contribution in [0.25, 0.3) is 10.9 Å². The second kappa shape index (κ2) is 7.17. The minimum absolute atomic E-state index is 0.122. The standard InChI is InChI=1S/C19H19Cl2N3O2/c1-19(2,3)26-16(25)11-24-10-8-12-15(24)7-9-22-18(12)23-17-13(20)5-4-6-14(17)21/h4-10H,11H2,1-3H3,(H,22,23). The molecule has 3 rings (SSSR count). The Kier molecular flexibility index (Phi) is 5.12. The van der Waals surface area contributed by atoms with Crippen molar-refractivity contribution in [1.29, 1.82) is 0 Å². The van der Waals surface area contributed by atoms with Crippen molar-refractivity contribution in [3.63, 3.8) is 0 Å². The van der Waals surface area contributed by atoms with E-state index in [0.717, 1.165) is 10.9 Å². The van der Waals surface area contributed by atoms with Gasteiger partial charge in [-0.25, -0.2) is 4.98 Å². The molecule has 0 aliphatic carbocycles. The minimum Gasteiger partial charge on any atom is -0.459 e. The number of carbonyl (C=O) groups is 1. The predicted octanol–water partition coefficient (Wildman–Crippen LogP) is 5.43. The highest BCUT2D eigenvalue weighted by Crippen LogP contribution is 2.34. The maximum absolute atomic E-state index is 12.1. The van der Waals surface area contributed by atoms with Gasteiger partial charge in [0.1, 0.15) is 18.0 Å². The van der Waals surface area contributed by atoms with E-state index in [1.54, 1.807) is 24.4 Å². The molecule has 0 amide bonds. The molecule has 0 unspecified atom stereocenters. The van der Waals surface area contributed by atoms with Gasteiger partial charge in [0.2, 0.25) is 0 Å². The normalized spacial score (nSPS) is 11.6. The van der Waals surface area contributed by atoms with Crippen LogP contribution in [0.2, 0.25) is 10.0 Å². The minimum atomic E-state index is -0.519. The number of halogens is 2. The Morgan fingerprint density at radius 3 is 2.54 bits per heavy atom. The summed E-state index contributed by atoms with van der Waals surface area (Å²) in [6.45, 7) is 5.66. The largest absolute Gasteiger partial charge is 0.459 e. The third kappa shape index (κ3) is 4.11. The fraction of sp³-hybridized carbons (Fsp3) is 0.263. The quantitative estimate of drug-likeness (QED) is 0.602. The maximum Gasteiger partial charge on any atom is 0.326 e. The first-order valence-electron chi connectivity index (χ1n) is 8.11. The van der Waals surface area contributed by atoms with Crippen molar-refractivity contribution in [2.24, 2.45) is 0 Å². The molecule has 0 saturated carbocycles. The van der Waals surface area contributed by atoms with Crippen LogP contribution in [0, 0.1) is 0 Å². The van der Waals surface area contributed by atoms with E-state index in [2.05, 4.69) is 10.3 Å². The highest BCUT2D eigenvalue weighted by molar-refractivity contribution is 6.39. The van der Waals surface area contributed by atoms with Gasteiger partial charge in [-0.05, 0) is 45.0 Å². The number of aromatic nitrogens is 2. The number of hydrogen-bond donors (Lipinski definition) is 1. The number of nitrogens with one attached hydrogen (secondary N) is 1. The number of anilines is 2. The number of ether oxygens (including phenoxy) is 1. The Morgan fingerprint density at radius 2 is 1.88 bits per heavy atom. The summed E-state index contributed by atoms with van der Waals surface area (Å²) in [6, 6.07) is 9.02. The van der Waals surface area contributed by atoms with E-state index < -0.39 is 5.60 Å². The predicted molar refractivity (Wildman–Crippen MR) is 105 cm³/mol. The highest BCUT2D eigenvalue weighted by Gasteiger charge is 2.18. The van der Waals surface area contributed by atoms with Gasteiger partial charge in [0, 0.05) is 17.8 Å². The van der Waals surface area contributed by atoms with E-state index in [-0.39, 0.29) is 12.5 Å². The van der Waals surface area contributed by atoms with Crippen molar-refractivity contribution < 1.29 is 9.53 Å². The van der Waals surface area contributed by atoms with Gasteiger partial charge in [-0.1, -0.05) is 29.3 Å². The summed E-state index contributed by atoms with van der Waals surface area (Å²) in [5.41, 5.74) is 0.932. The van der Waals surface area contributed by atoms with Crippen molar-refractivity contribution in [3.8, 4) is 0 Å². The van der Waals surface area contributed by atoms with E-state index >= 15 is 0 Å². The van der Waals surface area contributed by atoms with Gasteiger partial charge in [-0.15, -0.1) is 0 Å². The Morgan fingerprint density at radius 1 is 1.19 bits per heavy atom. The van der Waals surface area contributed by atoms with Crippen molar-refractivity contribution in [3.05, 3.63) is 52.8 Å². The van der Waals surface area contributed by atoms with Gasteiger partial charge in [0.05, 0.1) is 21.2 Å². The molecule has 1 aromatic carbocycles. The van der Waals surface area contributed by atoms with E-state index in [0.29, 0.717) is 21.6 Å². The molecule has 0 aliphatic rings. The van der Waals surface area contributed by atoms with E-state index in [1.807, 2.05) is 43.7 Å². The number of fused-ring (bicyclic) bond motifs is 1. The fourth-order valence-corrected chi connectivity index (χ4v) is 3.10. The van der Waals surface area contributed by atoms with Crippen LogP contribution in [0.5, 0.6) is 0 Å². The first-order valence-corrected chi connectivity index (χ1v) is 8.87. The fourth-order valence-electron chi connectivity index (χ4n) is 2.61. The molecule has 0 saturated heterocycles. The number of hydrogen-bond acceptors (Lipinski definition) is 4. The number of para-hydroxylation sites is 1. The molecular formula is C19H19Cl2N3O2. The molecule has 136 valence electrons. The van der Waals surface area contributed by atoms with Crippen LogP contribution in [0.1, 0.15) is 20.8 Å². The first-order chi connectivity index (χ1) is 12.2. The number of rotatable bonds is 4. The van der Waals surface area contributed by atoms with Crippen LogP contribution in [-0.4, -0.2) is 21.1 Å². The third-order valence-corrected chi connectivity index (χ3v) is 4.25. The summed E-state index contributed by atoms with van der Waals surface area (Å²) >= 11 is 12.5. The molecule has 5 nitrogen and oxygen atoms in total. The summed E-state index contributed by atoms with van der Waals surface area (Å²) in [5.74, 6) is 0.316.